The van der Waals surface area contributed by atoms with Crippen LogP contribution in [-0.2, 0) is 11.3 Å². The van der Waals surface area contributed by atoms with Crippen molar-refractivity contribution in [2.75, 3.05) is 6.61 Å². The van der Waals surface area contributed by atoms with E-state index in [1.807, 2.05) is 23.7 Å². The Morgan fingerprint density at radius 2 is 2.27 bits per heavy atom. The summed E-state index contributed by atoms with van der Waals surface area (Å²) in [7, 11) is 0. The summed E-state index contributed by atoms with van der Waals surface area (Å²) < 4.78 is 8.99. The van der Waals surface area contributed by atoms with Crippen LogP contribution in [0, 0.1) is 9.94 Å². The summed E-state index contributed by atoms with van der Waals surface area (Å²) in [6.45, 7) is 4.65. The molecule has 3 rings (SSSR count). The number of aryl methyl sites for hydroxylation is 1. The molecule has 0 fully saturated rings. The molecule has 3 aromatic rings. The molecule has 0 radical (unpaired) electrons. The fraction of sp³-hybridized carbons (Fsp3) is 0.267. The number of nitrogens with zero attached hydrogens (tertiary/aromatic N) is 3. The van der Waals surface area contributed by atoms with Crippen molar-refractivity contribution in [3.8, 4) is 0 Å². The number of ether oxygens (including phenoxy) is 1. The van der Waals surface area contributed by atoms with Crippen molar-refractivity contribution in [3.05, 3.63) is 44.2 Å². The topological polar surface area (TPSA) is 57.0 Å². The average molecular weight is 427 g/mol. The molecule has 0 aliphatic carbocycles. The van der Waals surface area contributed by atoms with Gasteiger partial charge in [-0.1, -0.05) is 12.1 Å². The molecule has 1 aromatic carbocycles. The van der Waals surface area contributed by atoms with Crippen molar-refractivity contribution in [2.24, 2.45) is 0 Å². The van der Waals surface area contributed by atoms with E-state index in [2.05, 4.69) is 38.7 Å². The molecule has 0 bridgehead atoms. The number of aromatic nitrogens is 3. The van der Waals surface area contributed by atoms with E-state index in [0.717, 1.165) is 24.5 Å². The molecular formula is C15H14IN3O2S. The molecule has 2 heterocycles. The highest BCUT2D eigenvalue weighted by Gasteiger charge is 2.14. The molecule has 2 aromatic heterocycles. The molecule has 0 atom stereocenters. The summed E-state index contributed by atoms with van der Waals surface area (Å²) in [5.74, 6) is -0.384. The first-order chi connectivity index (χ1) is 10.6. The van der Waals surface area contributed by atoms with Crippen LogP contribution in [0.15, 0.2) is 24.3 Å². The van der Waals surface area contributed by atoms with Crippen LogP contribution < -0.4 is 0 Å². The van der Waals surface area contributed by atoms with Gasteiger partial charge in [0.05, 0.1) is 23.4 Å². The van der Waals surface area contributed by atoms with E-state index in [9.17, 15) is 4.79 Å². The lowest BCUT2D eigenvalue weighted by Crippen LogP contribution is -2.08. The van der Waals surface area contributed by atoms with Gasteiger partial charge in [0.25, 0.3) is 0 Å². The van der Waals surface area contributed by atoms with Crippen LogP contribution in [0.25, 0.3) is 10.2 Å². The van der Waals surface area contributed by atoms with Gasteiger partial charge >= 0.3 is 5.97 Å². The Labute approximate surface area is 145 Å². The zero-order chi connectivity index (χ0) is 15.7. The largest absolute Gasteiger partial charge is 0.461 e. The third-order valence-corrected chi connectivity index (χ3v) is 4.97. The number of carbonyl (C=O) groups is 1. The van der Waals surface area contributed by atoms with Crippen LogP contribution in [0.2, 0.25) is 0 Å². The van der Waals surface area contributed by atoms with E-state index >= 15 is 0 Å². The highest BCUT2D eigenvalue weighted by atomic mass is 127. The van der Waals surface area contributed by atoms with Crippen LogP contribution in [-0.4, -0.2) is 27.3 Å². The Balaban J connectivity index is 1.93. The molecule has 22 heavy (non-hydrogen) atoms. The molecule has 5 nitrogen and oxygen atoms in total. The Morgan fingerprint density at radius 1 is 1.45 bits per heavy atom. The summed E-state index contributed by atoms with van der Waals surface area (Å²) in [6.07, 6.45) is 0. The van der Waals surface area contributed by atoms with Gasteiger partial charge in [-0.15, -0.1) is 11.3 Å². The molecule has 0 saturated carbocycles. The molecule has 0 unspecified atom stereocenters. The normalized spacial score (nSPS) is 11.0. The molecule has 114 valence electrons. The quantitative estimate of drug-likeness (QED) is 0.472. The molecule has 0 aliphatic heterocycles. The van der Waals surface area contributed by atoms with Gasteiger partial charge < -0.3 is 4.74 Å². The first kappa shape index (κ1) is 15.4. The molecule has 0 amide bonds. The van der Waals surface area contributed by atoms with Gasteiger partial charge in [-0.05, 0) is 48.6 Å². The first-order valence-corrected chi connectivity index (χ1v) is 8.73. The molecule has 7 heteroatoms. The Bertz CT molecular complexity index is 841. The first-order valence-electron chi connectivity index (χ1n) is 6.84. The summed E-state index contributed by atoms with van der Waals surface area (Å²) in [4.78, 5) is 16.4. The lowest BCUT2D eigenvalue weighted by molar-refractivity contribution is 0.0518. The van der Waals surface area contributed by atoms with E-state index in [1.165, 1.54) is 0 Å². The van der Waals surface area contributed by atoms with Gasteiger partial charge in [-0.3, -0.25) is 4.68 Å². The van der Waals surface area contributed by atoms with Crippen molar-refractivity contribution >= 4 is 50.1 Å². The Hall–Kier alpha value is -1.48. The summed E-state index contributed by atoms with van der Waals surface area (Å²) in [5, 5.41) is 4.35. The number of carbonyl (C=O) groups excluding carboxylic acids is 1. The minimum atomic E-state index is -0.384. The van der Waals surface area contributed by atoms with Crippen LogP contribution in [0.4, 0.5) is 0 Å². The number of benzene rings is 1. The van der Waals surface area contributed by atoms with E-state index in [0.29, 0.717) is 18.8 Å². The number of rotatable bonds is 4. The van der Waals surface area contributed by atoms with Crippen molar-refractivity contribution in [2.45, 2.75) is 20.4 Å². The minimum Gasteiger partial charge on any atom is -0.461 e. The average Bonchev–Trinajstić information content (AvgIpc) is 3.03. The minimum absolute atomic E-state index is 0.347. The van der Waals surface area contributed by atoms with Crippen LogP contribution >= 0.6 is 33.9 Å². The van der Waals surface area contributed by atoms with Crippen molar-refractivity contribution in [3.63, 3.8) is 0 Å². The Kier molecular flexibility index (Phi) is 4.44. The predicted octanol–water partition coefficient (Wildman–Crippen LogP) is 3.63. The third kappa shape index (κ3) is 3.00. The number of hydrogen-bond acceptors (Lipinski definition) is 5. The van der Waals surface area contributed by atoms with Crippen molar-refractivity contribution in [1.82, 2.24) is 14.8 Å². The lowest BCUT2D eigenvalue weighted by Gasteiger charge is -2.05. The zero-order valence-corrected chi connectivity index (χ0v) is 15.1. The predicted molar refractivity (Wildman–Crippen MR) is 94.4 cm³/mol. The molecule has 0 spiro atoms. The second-order valence-electron chi connectivity index (χ2n) is 4.78. The summed E-state index contributed by atoms with van der Waals surface area (Å²) in [5.41, 5.74) is 3.37. The molecule has 0 saturated heterocycles. The SMILES string of the molecule is CCOC(=O)c1cc(C)n(Cc2cccc3sc(I)nc23)n1. The van der Waals surface area contributed by atoms with E-state index < -0.39 is 0 Å². The van der Waals surface area contributed by atoms with Crippen LogP contribution in [0.3, 0.4) is 0 Å². The number of para-hydroxylation sites is 1. The lowest BCUT2D eigenvalue weighted by atomic mass is 10.2. The molecule has 0 aliphatic rings. The van der Waals surface area contributed by atoms with Crippen LogP contribution in [0.5, 0.6) is 0 Å². The third-order valence-electron chi connectivity index (χ3n) is 3.26. The smallest absolute Gasteiger partial charge is 0.358 e. The van der Waals surface area contributed by atoms with Crippen LogP contribution in [0.1, 0.15) is 28.7 Å². The number of thiazole rings is 1. The van der Waals surface area contributed by atoms with Gasteiger partial charge in [0.2, 0.25) is 0 Å². The highest BCUT2D eigenvalue weighted by molar-refractivity contribution is 14.1. The zero-order valence-electron chi connectivity index (χ0n) is 12.2. The summed E-state index contributed by atoms with van der Waals surface area (Å²) in [6, 6.07) is 7.89. The maximum Gasteiger partial charge on any atom is 0.358 e. The van der Waals surface area contributed by atoms with Gasteiger partial charge in [0, 0.05) is 11.3 Å². The summed E-state index contributed by atoms with van der Waals surface area (Å²) >= 11 is 3.90. The maximum atomic E-state index is 11.8. The second kappa shape index (κ2) is 6.33. The standard InChI is InChI=1S/C15H14IN3O2S/c1-3-21-14(20)11-7-9(2)19(18-11)8-10-5-4-6-12-13(10)17-15(16)22-12/h4-7H,3,8H2,1-2H3. The van der Waals surface area contributed by atoms with Crippen molar-refractivity contribution in [1.29, 1.82) is 0 Å². The fourth-order valence-electron chi connectivity index (χ4n) is 2.24. The number of halogens is 1. The monoisotopic (exact) mass is 427 g/mol. The van der Waals surface area contributed by atoms with Gasteiger partial charge in [0.1, 0.15) is 0 Å². The maximum absolute atomic E-state index is 11.8. The Morgan fingerprint density at radius 3 is 3.05 bits per heavy atom. The van der Waals surface area contributed by atoms with Gasteiger partial charge in [-0.2, -0.15) is 5.10 Å². The number of esters is 1. The van der Waals surface area contributed by atoms with E-state index in [4.69, 9.17) is 4.74 Å². The highest BCUT2D eigenvalue weighted by Crippen LogP contribution is 2.26. The van der Waals surface area contributed by atoms with E-state index in [-0.39, 0.29) is 5.97 Å². The number of hydrogen-bond donors (Lipinski definition) is 0. The fourth-order valence-corrected chi connectivity index (χ4v) is 3.93. The van der Waals surface area contributed by atoms with Gasteiger partial charge in [-0.25, -0.2) is 9.78 Å². The number of fused-ring (bicyclic) bond motifs is 1. The van der Waals surface area contributed by atoms with Crippen molar-refractivity contribution < 1.29 is 9.53 Å². The molecule has 0 N–H and O–H groups in total. The second-order valence-corrected chi connectivity index (χ2v) is 7.56. The molecular weight excluding hydrogens is 413 g/mol. The van der Waals surface area contributed by atoms with E-state index in [1.54, 1.807) is 24.3 Å². The van der Waals surface area contributed by atoms with Gasteiger partial charge in [0.15, 0.2) is 8.71 Å².